The van der Waals surface area contributed by atoms with Gasteiger partial charge in [-0.3, -0.25) is 9.58 Å². The van der Waals surface area contributed by atoms with E-state index in [-0.39, 0.29) is 23.5 Å². The summed E-state index contributed by atoms with van der Waals surface area (Å²) >= 11 is 1.47. The maximum Gasteiger partial charge on any atom is 0.410 e. The average molecular weight is 686 g/mol. The molecule has 5 heterocycles. The van der Waals surface area contributed by atoms with Crippen LogP contribution in [0.2, 0.25) is 0 Å². The van der Waals surface area contributed by atoms with Crippen molar-refractivity contribution in [2.75, 3.05) is 13.6 Å². The molecule has 256 valence electrons. The summed E-state index contributed by atoms with van der Waals surface area (Å²) in [5.41, 5.74) is 6.10. The number of halogens is 2. The molecule has 0 aliphatic carbocycles. The van der Waals surface area contributed by atoms with Gasteiger partial charge < -0.3 is 14.4 Å². The molecule has 0 saturated heterocycles. The van der Waals surface area contributed by atoms with Gasteiger partial charge in [-0.2, -0.15) is 5.10 Å². The summed E-state index contributed by atoms with van der Waals surface area (Å²) in [6, 6.07) is 12.4. The molecule has 11 heteroatoms. The highest BCUT2D eigenvalue weighted by Crippen LogP contribution is 2.47. The average Bonchev–Trinajstić information content (AvgIpc) is 3.66. The van der Waals surface area contributed by atoms with Crippen molar-refractivity contribution in [1.29, 1.82) is 0 Å². The molecule has 3 aromatic heterocycles. The lowest BCUT2D eigenvalue weighted by atomic mass is 9.93. The van der Waals surface area contributed by atoms with E-state index in [1.807, 2.05) is 63.7 Å². The first kappa shape index (κ1) is 33.2. The van der Waals surface area contributed by atoms with Crippen LogP contribution in [-0.2, 0) is 30.8 Å². The first-order valence-electron chi connectivity index (χ1n) is 16.7. The van der Waals surface area contributed by atoms with Crippen LogP contribution in [0.25, 0.3) is 43.9 Å². The molecule has 2 aliphatic rings. The highest BCUT2D eigenvalue weighted by Gasteiger charge is 2.33. The quantitative estimate of drug-likeness (QED) is 0.184. The van der Waals surface area contributed by atoms with Crippen molar-refractivity contribution < 1.29 is 23.0 Å². The summed E-state index contributed by atoms with van der Waals surface area (Å²) in [7, 11) is 2.13. The molecular formula is C38H41F2N5O3S. The zero-order chi connectivity index (χ0) is 34.8. The topological polar surface area (TPSA) is 72.7 Å². The van der Waals surface area contributed by atoms with Crippen LogP contribution in [0.5, 0.6) is 5.75 Å². The van der Waals surface area contributed by atoms with Gasteiger partial charge in [0.05, 0.1) is 42.2 Å². The number of aromatic nitrogens is 3. The van der Waals surface area contributed by atoms with Crippen molar-refractivity contribution in [3.05, 3.63) is 76.3 Å². The van der Waals surface area contributed by atoms with Crippen LogP contribution < -0.4 is 4.74 Å². The zero-order valence-electron chi connectivity index (χ0n) is 28.9. The monoisotopic (exact) mass is 685 g/mol. The molecule has 8 nitrogen and oxygen atoms in total. The van der Waals surface area contributed by atoms with Gasteiger partial charge in [0.1, 0.15) is 34.4 Å². The summed E-state index contributed by atoms with van der Waals surface area (Å²) in [6.07, 6.45) is 0.218. The summed E-state index contributed by atoms with van der Waals surface area (Å²) < 4.78 is 45.3. The number of nitrogens with zero attached hydrogens (tertiary/aromatic N) is 5. The van der Waals surface area contributed by atoms with Gasteiger partial charge in [-0.25, -0.2) is 18.6 Å². The van der Waals surface area contributed by atoms with E-state index in [1.54, 1.807) is 4.90 Å². The summed E-state index contributed by atoms with van der Waals surface area (Å²) in [6.45, 7) is 13.8. The van der Waals surface area contributed by atoms with Crippen LogP contribution in [-0.4, -0.2) is 62.0 Å². The van der Waals surface area contributed by atoms with Crippen molar-refractivity contribution in [2.45, 2.75) is 85.3 Å². The third-order valence-corrected chi connectivity index (χ3v) is 9.89. The molecule has 2 aliphatic heterocycles. The molecule has 49 heavy (non-hydrogen) atoms. The van der Waals surface area contributed by atoms with Crippen LogP contribution in [0, 0.1) is 11.6 Å². The molecule has 5 aromatic rings. The highest BCUT2D eigenvalue weighted by molar-refractivity contribution is 7.18. The minimum absolute atomic E-state index is 0.101. The third kappa shape index (κ3) is 6.41. The number of hydrogen-bond acceptors (Lipinski definition) is 7. The number of fused-ring (bicyclic) bond motifs is 3. The number of carbonyl (C=O) groups is 1. The normalized spacial score (nSPS) is 16.6. The Morgan fingerprint density at radius 2 is 1.82 bits per heavy atom. The van der Waals surface area contributed by atoms with E-state index in [0.717, 1.165) is 52.6 Å². The van der Waals surface area contributed by atoms with Gasteiger partial charge >= 0.3 is 6.09 Å². The number of carbonyl (C=O) groups excluding carboxylic acids is 1. The number of pyridine rings is 1. The highest BCUT2D eigenvalue weighted by atomic mass is 32.1. The number of ether oxygens (including phenoxy) is 2. The van der Waals surface area contributed by atoms with Gasteiger partial charge in [-0.15, -0.1) is 11.3 Å². The van der Waals surface area contributed by atoms with Gasteiger partial charge in [-0.1, -0.05) is 12.1 Å². The molecule has 1 atom stereocenters. The summed E-state index contributed by atoms with van der Waals surface area (Å²) in [5.74, 6) is -1.36. The van der Waals surface area contributed by atoms with Gasteiger partial charge in [0.2, 0.25) is 0 Å². The van der Waals surface area contributed by atoms with Crippen molar-refractivity contribution >= 4 is 27.5 Å². The summed E-state index contributed by atoms with van der Waals surface area (Å²) in [4.78, 5) is 22.5. The van der Waals surface area contributed by atoms with Gasteiger partial charge in [-0.05, 0) is 89.7 Å². The molecule has 0 fully saturated rings. The predicted octanol–water partition coefficient (Wildman–Crippen LogP) is 8.69. The standard InChI is InChI=1S/C38H41F2N5O3S/c1-21(2)47-31-16-26(39)15-29(40)32(31)33-35(30-17-27-20-44(22(3)18-45(27)42-30)37(46)48-38(4,5)6)41-34(28-11-13-49-36(28)33)24-8-9-25-19-43(7)12-10-23(25)14-24/h8-9,11,13-17,21-22H,10,12,18-20H2,1-7H3/t22-/m1/s1. The van der Waals surface area contributed by atoms with Crippen molar-refractivity contribution in [3.8, 4) is 39.5 Å². The van der Waals surface area contributed by atoms with E-state index in [4.69, 9.17) is 19.6 Å². The number of likely N-dealkylation sites (N-methyl/N-ethyl adjacent to an activating group) is 1. The van der Waals surface area contributed by atoms with E-state index < -0.39 is 23.3 Å². The van der Waals surface area contributed by atoms with E-state index in [0.29, 0.717) is 30.0 Å². The first-order chi connectivity index (χ1) is 23.3. The maximum absolute atomic E-state index is 16.1. The van der Waals surface area contributed by atoms with Crippen molar-refractivity contribution in [3.63, 3.8) is 0 Å². The van der Waals surface area contributed by atoms with Crippen LogP contribution in [0.15, 0.2) is 47.8 Å². The maximum atomic E-state index is 16.1. The lowest BCUT2D eigenvalue weighted by molar-refractivity contribution is 0.00907. The molecule has 0 N–H and O–H groups in total. The molecule has 1 amide bonds. The fourth-order valence-corrected chi connectivity index (χ4v) is 7.69. The molecule has 0 bridgehead atoms. The second kappa shape index (κ2) is 12.5. The summed E-state index contributed by atoms with van der Waals surface area (Å²) in [5, 5.41) is 7.84. The van der Waals surface area contributed by atoms with Gasteiger partial charge in [0.15, 0.2) is 0 Å². The molecule has 2 aromatic carbocycles. The zero-order valence-corrected chi connectivity index (χ0v) is 29.8. The molecular weight excluding hydrogens is 645 g/mol. The molecule has 0 saturated carbocycles. The number of hydrogen-bond donors (Lipinski definition) is 0. The second-order valence-electron chi connectivity index (χ2n) is 14.4. The Morgan fingerprint density at radius 1 is 1.02 bits per heavy atom. The number of benzene rings is 2. The lowest BCUT2D eigenvalue weighted by Gasteiger charge is -2.35. The predicted molar refractivity (Wildman–Crippen MR) is 189 cm³/mol. The van der Waals surface area contributed by atoms with Crippen molar-refractivity contribution in [2.24, 2.45) is 0 Å². The van der Waals surface area contributed by atoms with Crippen LogP contribution in [0.1, 0.15) is 58.4 Å². The van der Waals surface area contributed by atoms with Crippen molar-refractivity contribution in [1.82, 2.24) is 24.6 Å². The Hall–Kier alpha value is -4.35. The smallest absolute Gasteiger partial charge is 0.410 e. The fraction of sp³-hybridized carbons (Fsp3) is 0.395. The largest absolute Gasteiger partial charge is 0.490 e. The minimum atomic E-state index is -0.743. The minimum Gasteiger partial charge on any atom is -0.490 e. The first-order valence-corrected chi connectivity index (χ1v) is 17.6. The number of amides is 1. The third-order valence-electron chi connectivity index (χ3n) is 8.96. The molecule has 0 radical (unpaired) electrons. The van der Waals surface area contributed by atoms with E-state index in [9.17, 15) is 9.18 Å². The Kier molecular flexibility index (Phi) is 8.47. The van der Waals surface area contributed by atoms with Crippen LogP contribution in [0.3, 0.4) is 0 Å². The van der Waals surface area contributed by atoms with Gasteiger partial charge in [0, 0.05) is 46.4 Å². The Labute approximate surface area is 289 Å². The van der Waals surface area contributed by atoms with E-state index >= 15 is 4.39 Å². The molecule has 0 unspecified atom stereocenters. The Morgan fingerprint density at radius 3 is 2.57 bits per heavy atom. The number of rotatable bonds is 5. The molecule has 0 spiro atoms. The lowest BCUT2D eigenvalue weighted by Crippen LogP contribution is -2.46. The second-order valence-corrected chi connectivity index (χ2v) is 15.3. The Bertz CT molecular complexity index is 2080. The SMILES string of the molecule is CC(C)Oc1cc(F)cc(F)c1-c1c(-c2cc3n(n2)C[C@@H](C)N(C(=O)OC(C)(C)C)C3)nc(-c2ccc3c(c2)CCN(C)C3)c2ccsc12. The fourth-order valence-electron chi connectivity index (χ4n) is 6.74. The van der Waals surface area contributed by atoms with Crippen LogP contribution in [0.4, 0.5) is 13.6 Å². The van der Waals surface area contributed by atoms with E-state index in [2.05, 4.69) is 30.1 Å². The number of thiophene rings is 1. The van der Waals surface area contributed by atoms with Crippen LogP contribution >= 0.6 is 11.3 Å². The molecule has 7 rings (SSSR count). The van der Waals surface area contributed by atoms with E-state index in [1.165, 1.54) is 28.5 Å². The van der Waals surface area contributed by atoms with Gasteiger partial charge in [0.25, 0.3) is 0 Å². The Balaban J connectivity index is 1.44.